The molecule has 0 rings (SSSR count). The quantitative estimate of drug-likeness (QED) is 0.689. The largest absolute Gasteiger partial charge is 0.480 e. The number of likely N-dealkylation sites (N-methyl/N-ethyl adjacent to an activating group) is 1. The second kappa shape index (κ2) is 8.74. The van der Waals surface area contributed by atoms with Crippen LogP contribution in [-0.2, 0) is 9.53 Å². The summed E-state index contributed by atoms with van der Waals surface area (Å²) in [4.78, 5) is 24.3. The van der Waals surface area contributed by atoms with Crippen LogP contribution in [0.4, 0.5) is 4.79 Å². The van der Waals surface area contributed by atoms with Crippen LogP contribution < -0.4 is 5.32 Å². The Morgan fingerprint density at radius 2 is 2.06 bits per heavy atom. The molecule has 2 N–H and O–H groups in total. The van der Waals surface area contributed by atoms with Gasteiger partial charge in [0.25, 0.3) is 0 Å². The van der Waals surface area contributed by atoms with Crippen LogP contribution in [0.5, 0.6) is 0 Å². The van der Waals surface area contributed by atoms with Crippen molar-refractivity contribution in [1.82, 2.24) is 10.2 Å². The van der Waals surface area contributed by atoms with Gasteiger partial charge in [0.2, 0.25) is 0 Å². The fraction of sp³-hybridized carbons (Fsp3) is 0.833. The van der Waals surface area contributed by atoms with E-state index in [9.17, 15) is 9.59 Å². The van der Waals surface area contributed by atoms with Crippen molar-refractivity contribution in [2.75, 3.05) is 20.8 Å². The number of carbonyl (C=O) groups excluding carboxylic acids is 1. The highest BCUT2D eigenvalue weighted by atomic mass is 16.5. The van der Waals surface area contributed by atoms with Gasteiger partial charge in [0.15, 0.2) is 0 Å². The molecule has 2 amide bonds. The van der Waals surface area contributed by atoms with E-state index in [2.05, 4.69) is 5.32 Å². The van der Waals surface area contributed by atoms with Crippen LogP contribution >= 0.6 is 0 Å². The third kappa shape index (κ3) is 5.86. The van der Waals surface area contributed by atoms with Crippen LogP contribution in [0.3, 0.4) is 0 Å². The number of methoxy groups -OCH3 is 1. The van der Waals surface area contributed by atoms with Crippen molar-refractivity contribution in [3.05, 3.63) is 0 Å². The highest BCUT2D eigenvalue weighted by molar-refractivity contribution is 5.82. The number of aliphatic carboxylic acids is 1. The molecule has 0 heterocycles. The molecule has 0 bridgehead atoms. The zero-order valence-electron chi connectivity index (χ0n) is 11.6. The summed E-state index contributed by atoms with van der Waals surface area (Å²) >= 11 is 0. The number of carbonyl (C=O) groups is 2. The van der Waals surface area contributed by atoms with Gasteiger partial charge in [-0.15, -0.1) is 0 Å². The van der Waals surface area contributed by atoms with Crippen LogP contribution in [0.15, 0.2) is 0 Å². The number of urea groups is 1. The van der Waals surface area contributed by atoms with Gasteiger partial charge in [-0.25, -0.2) is 9.59 Å². The van der Waals surface area contributed by atoms with Gasteiger partial charge in [0, 0.05) is 14.2 Å². The number of rotatable bonds is 8. The first-order valence-corrected chi connectivity index (χ1v) is 6.19. The molecule has 6 nitrogen and oxygen atoms in total. The van der Waals surface area contributed by atoms with Crippen molar-refractivity contribution in [3.8, 4) is 0 Å². The molecule has 0 fully saturated rings. The molecule has 0 saturated heterocycles. The minimum absolute atomic E-state index is 0.101. The Kier molecular flexibility index (Phi) is 8.11. The minimum atomic E-state index is -0.996. The molecular weight excluding hydrogens is 236 g/mol. The number of nitrogens with zero attached hydrogens (tertiary/aromatic N) is 1. The Morgan fingerprint density at radius 3 is 2.50 bits per heavy atom. The number of hydrogen-bond donors (Lipinski definition) is 2. The van der Waals surface area contributed by atoms with E-state index in [4.69, 9.17) is 9.84 Å². The van der Waals surface area contributed by atoms with Gasteiger partial charge < -0.3 is 20.1 Å². The number of carboxylic acid groups (broad SMARTS) is 1. The molecule has 0 aromatic heterocycles. The van der Waals surface area contributed by atoms with Crippen LogP contribution in [0, 0.1) is 0 Å². The van der Waals surface area contributed by atoms with Gasteiger partial charge in [-0.05, 0) is 13.3 Å². The van der Waals surface area contributed by atoms with E-state index < -0.39 is 12.0 Å². The maximum absolute atomic E-state index is 11.8. The number of unbranched alkanes of at least 4 members (excludes halogenated alkanes) is 1. The SMILES string of the molecule is CCCC[C@H](NC(=O)N(C)C(C)COC)C(=O)O. The Hall–Kier alpha value is -1.30. The third-order valence-corrected chi connectivity index (χ3v) is 2.83. The van der Waals surface area contributed by atoms with Gasteiger partial charge in [-0.3, -0.25) is 0 Å². The van der Waals surface area contributed by atoms with Crippen LogP contribution in [0.25, 0.3) is 0 Å². The second-order valence-corrected chi connectivity index (χ2v) is 4.40. The molecule has 0 aliphatic carbocycles. The average molecular weight is 260 g/mol. The number of hydrogen-bond acceptors (Lipinski definition) is 3. The second-order valence-electron chi connectivity index (χ2n) is 4.40. The minimum Gasteiger partial charge on any atom is -0.480 e. The molecular formula is C12H24N2O4. The Bertz CT molecular complexity index is 271. The van der Waals surface area contributed by atoms with E-state index in [0.717, 1.165) is 12.8 Å². The highest BCUT2D eigenvalue weighted by Gasteiger charge is 2.23. The average Bonchev–Trinajstić information content (AvgIpc) is 2.33. The molecule has 0 radical (unpaired) electrons. The summed E-state index contributed by atoms with van der Waals surface area (Å²) in [6.07, 6.45) is 2.12. The first-order chi connectivity index (χ1) is 8.43. The standard InChI is InChI=1S/C12H24N2O4/c1-5-6-7-10(11(15)16)13-12(17)14(3)9(2)8-18-4/h9-10H,5-8H2,1-4H3,(H,13,17)(H,15,16)/t9?,10-/m0/s1. The summed E-state index contributed by atoms with van der Waals surface area (Å²) in [6, 6.07) is -1.31. The van der Waals surface area contributed by atoms with Gasteiger partial charge in [0.1, 0.15) is 6.04 Å². The van der Waals surface area contributed by atoms with E-state index in [1.54, 1.807) is 14.2 Å². The molecule has 0 aromatic carbocycles. The van der Waals surface area contributed by atoms with E-state index in [0.29, 0.717) is 13.0 Å². The third-order valence-electron chi connectivity index (χ3n) is 2.83. The molecule has 0 saturated carbocycles. The van der Waals surface area contributed by atoms with Crippen molar-refractivity contribution < 1.29 is 19.4 Å². The lowest BCUT2D eigenvalue weighted by Crippen LogP contribution is -2.50. The lowest BCUT2D eigenvalue weighted by Gasteiger charge is -2.26. The van der Waals surface area contributed by atoms with Crippen LogP contribution in [0.1, 0.15) is 33.1 Å². The summed E-state index contributed by atoms with van der Waals surface area (Å²) in [5, 5.41) is 11.5. The van der Waals surface area contributed by atoms with Gasteiger partial charge in [-0.1, -0.05) is 19.8 Å². The van der Waals surface area contributed by atoms with Crippen LogP contribution in [-0.4, -0.2) is 54.9 Å². The zero-order valence-corrected chi connectivity index (χ0v) is 11.6. The summed E-state index contributed by atoms with van der Waals surface area (Å²) in [5.74, 6) is -0.996. The van der Waals surface area contributed by atoms with Gasteiger partial charge >= 0.3 is 12.0 Å². The predicted molar refractivity (Wildman–Crippen MR) is 68.6 cm³/mol. The summed E-state index contributed by atoms with van der Waals surface area (Å²) in [7, 11) is 3.18. The number of amides is 2. The maximum atomic E-state index is 11.8. The number of carboxylic acids is 1. The molecule has 18 heavy (non-hydrogen) atoms. The van der Waals surface area contributed by atoms with Crippen molar-refractivity contribution in [2.45, 2.75) is 45.2 Å². The fourth-order valence-electron chi connectivity index (χ4n) is 1.47. The Balaban J connectivity index is 4.35. The van der Waals surface area contributed by atoms with Gasteiger partial charge in [0.05, 0.1) is 12.6 Å². The van der Waals surface area contributed by atoms with E-state index in [-0.39, 0.29) is 12.1 Å². The highest BCUT2D eigenvalue weighted by Crippen LogP contribution is 2.03. The normalized spacial score (nSPS) is 13.8. The van der Waals surface area contributed by atoms with Crippen LogP contribution in [0.2, 0.25) is 0 Å². The molecule has 6 heteroatoms. The van der Waals surface area contributed by atoms with Crippen molar-refractivity contribution in [3.63, 3.8) is 0 Å². The molecule has 0 aliphatic rings. The van der Waals surface area contributed by atoms with Crippen molar-refractivity contribution in [1.29, 1.82) is 0 Å². The smallest absolute Gasteiger partial charge is 0.326 e. The van der Waals surface area contributed by atoms with E-state index in [1.807, 2.05) is 13.8 Å². The summed E-state index contributed by atoms with van der Waals surface area (Å²) in [6.45, 7) is 4.23. The molecule has 1 unspecified atom stereocenters. The van der Waals surface area contributed by atoms with Crippen molar-refractivity contribution in [2.24, 2.45) is 0 Å². The lowest BCUT2D eigenvalue weighted by molar-refractivity contribution is -0.139. The Labute approximate surface area is 108 Å². The molecule has 0 aromatic rings. The first kappa shape index (κ1) is 16.7. The van der Waals surface area contributed by atoms with E-state index >= 15 is 0 Å². The van der Waals surface area contributed by atoms with Crippen molar-refractivity contribution >= 4 is 12.0 Å². The monoisotopic (exact) mass is 260 g/mol. The van der Waals surface area contributed by atoms with E-state index in [1.165, 1.54) is 4.90 Å². The first-order valence-electron chi connectivity index (χ1n) is 6.19. The lowest BCUT2D eigenvalue weighted by atomic mass is 10.1. The summed E-state index contributed by atoms with van der Waals surface area (Å²) < 4.78 is 4.95. The predicted octanol–water partition coefficient (Wildman–Crippen LogP) is 1.31. The Morgan fingerprint density at radius 1 is 1.44 bits per heavy atom. The molecule has 106 valence electrons. The summed E-state index contributed by atoms with van der Waals surface area (Å²) in [5.41, 5.74) is 0. The molecule has 0 spiro atoms. The zero-order chi connectivity index (χ0) is 14.1. The maximum Gasteiger partial charge on any atom is 0.326 e. The number of nitrogens with one attached hydrogen (secondary N) is 1. The molecule has 2 atom stereocenters. The fourth-order valence-corrected chi connectivity index (χ4v) is 1.47. The molecule has 0 aliphatic heterocycles. The number of ether oxygens (including phenoxy) is 1. The van der Waals surface area contributed by atoms with Gasteiger partial charge in [-0.2, -0.15) is 0 Å². The topological polar surface area (TPSA) is 78.9 Å².